The van der Waals surface area contributed by atoms with Crippen LogP contribution in [0.25, 0.3) is 0 Å². The Hall–Kier alpha value is -2.67. The van der Waals surface area contributed by atoms with Crippen LogP contribution in [0.5, 0.6) is 11.5 Å². The largest absolute Gasteiger partial charge is 0.477 e. The van der Waals surface area contributed by atoms with E-state index in [0.717, 1.165) is 6.07 Å². The number of rotatable bonds is 4. The Bertz CT molecular complexity index is 734. The molecule has 21 heavy (non-hydrogen) atoms. The molecule has 0 saturated carbocycles. The molecule has 0 atom stereocenters. The lowest BCUT2D eigenvalue weighted by molar-refractivity contribution is -0.386. The third-order valence-electron chi connectivity index (χ3n) is 2.55. The van der Waals surface area contributed by atoms with Crippen LogP contribution >= 0.6 is 11.6 Å². The first kappa shape index (κ1) is 14.7. The first-order chi connectivity index (χ1) is 9.91. The summed E-state index contributed by atoms with van der Waals surface area (Å²) in [5, 5.41) is 19.8. The molecule has 2 aromatic rings. The van der Waals surface area contributed by atoms with Gasteiger partial charge in [-0.05, 0) is 24.3 Å². The highest BCUT2D eigenvalue weighted by atomic mass is 35.5. The Balaban J connectivity index is 2.54. The smallest absolute Gasteiger partial charge is 0.342 e. The summed E-state index contributed by atoms with van der Waals surface area (Å²) in [5.74, 6) is -3.11. The van der Waals surface area contributed by atoms with Gasteiger partial charge in [0.25, 0.3) is 0 Å². The number of para-hydroxylation sites is 1. The van der Waals surface area contributed by atoms with E-state index in [-0.39, 0.29) is 16.5 Å². The zero-order valence-electron chi connectivity index (χ0n) is 10.2. The molecule has 0 unspecified atom stereocenters. The molecule has 0 spiro atoms. The van der Waals surface area contributed by atoms with E-state index in [4.69, 9.17) is 21.4 Å². The van der Waals surface area contributed by atoms with Gasteiger partial charge in [0.05, 0.1) is 9.95 Å². The Morgan fingerprint density at radius 3 is 2.48 bits per heavy atom. The third kappa shape index (κ3) is 2.92. The minimum atomic E-state index is -1.49. The second-order valence-corrected chi connectivity index (χ2v) is 4.28. The summed E-state index contributed by atoms with van der Waals surface area (Å²) in [7, 11) is 0. The van der Waals surface area contributed by atoms with Crippen molar-refractivity contribution in [1.29, 1.82) is 0 Å². The van der Waals surface area contributed by atoms with Gasteiger partial charge in [0.2, 0.25) is 5.75 Å². The maximum Gasteiger partial charge on any atom is 0.342 e. The van der Waals surface area contributed by atoms with Crippen molar-refractivity contribution in [1.82, 2.24) is 0 Å². The van der Waals surface area contributed by atoms with Crippen LogP contribution in [-0.4, -0.2) is 16.0 Å². The molecule has 0 radical (unpaired) electrons. The summed E-state index contributed by atoms with van der Waals surface area (Å²) in [6, 6.07) is 7.39. The zero-order valence-corrected chi connectivity index (χ0v) is 11.0. The Morgan fingerprint density at radius 2 is 1.86 bits per heavy atom. The van der Waals surface area contributed by atoms with E-state index in [1.807, 2.05) is 0 Å². The normalized spacial score (nSPS) is 10.2. The van der Waals surface area contributed by atoms with Gasteiger partial charge in [0.15, 0.2) is 11.6 Å². The van der Waals surface area contributed by atoms with Crippen molar-refractivity contribution in [3.8, 4) is 11.5 Å². The second kappa shape index (κ2) is 5.76. The molecule has 0 aromatic heterocycles. The predicted octanol–water partition coefficient (Wildman–Crippen LogP) is 3.88. The monoisotopic (exact) mass is 311 g/mol. The number of nitrogens with zero attached hydrogens (tertiary/aromatic N) is 1. The fraction of sp³-hybridized carbons (Fsp3) is 0. The number of carboxylic acids is 1. The number of ether oxygens (including phenoxy) is 1. The van der Waals surface area contributed by atoms with Crippen molar-refractivity contribution < 1.29 is 24.0 Å². The van der Waals surface area contributed by atoms with E-state index >= 15 is 0 Å². The van der Waals surface area contributed by atoms with Crippen LogP contribution in [0, 0.1) is 15.9 Å². The maximum absolute atomic E-state index is 13.7. The van der Waals surface area contributed by atoms with Gasteiger partial charge in [0, 0.05) is 0 Å². The molecule has 2 aromatic carbocycles. The van der Waals surface area contributed by atoms with Gasteiger partial charge in [-0.3, -0.25) is 10.1 Å². The predicted molar refractivity (Wildman–Crippen MR) is 71.5 cm³/mol. The van der Waals surface area contributed by atoms with Crippen LogP contribution in [0.3, 0.4) is 0 Å². The summed E-state index contributed by atoms with van der Waals surface area (Å²) >= 11 is 5.58. The number of hydrogen-bond donors (Lipinski definition) is 1. The quantitative estimate of drug-likeness (QED) is 0.683. The number of benzene rings is 2. The van der Waals surface area contributed by atoms with E-state index in [1.54, 1.807) is 0 Å². The fourth-order valence-corrected chi connectivity index (χ4v) is 1.81. The fourth-order valence-electron chi connectivity index (χ4n) is 1.65. The molecule has 8 heteroatoms. The summed E-state index contributed by atoms with van der Waals surface area (Å²) in [5.41, 5.74) is -1.32. The van der Waals surface area contributed by atoms with Gasteiger partial charge in [-0.1, -0.05) is 23.7 Å². The number of halogens is 2. The molecule has 0 saturated heterocycles. The number of hydrogen-bond acceptors (Lipinski definition) is 4. The number of carboxylic acid groups (broad SMARTS) is 1. The van der Waals surface area contributed by atoms with E-state index in [2.05, 4.69) is 0 Å². The van der Waals surface area contributed by atoms with Crippen molar-refractivity contribution in [2.45, 2.75) is 0 Å². The van der Waals surface area contributed by atoms with Crippen molar-refractivity contribution >= 4 is 23.3 Å². The molecule has 2 rings (SSSR count). The summed E-state index contributed by atoms with van der Waals surface area (Å²) in [4.78, 5) is 21.1. The van der Waals surface area contributed by atoms with E-state index in [0.29, 0.717) is 0 Å². The molecule has 0 heterocycles. The summed E-state index contributed by atoms with van der Waals surface area (Å²) in [6.07, 6.45) is 0. The number of carbonyl (C=O) groups is 1. The van der Waals surface area contributed by atoms with Crippen molar-refractivity contribution in [2.24, 2.45) is 0 Å². The molecule has 0 bridgehead atoms. The van der Waals surface area contributed by atoms with Crippen molar-refractivity contribution in [3.05, 3.63) is 62.9 Å². The highest BCUT2D eigenvalue weighted by molar-refractivity contribution is 6.30. The van der Waals surface area contributed by atoms with Gasteiger partial charge >= 0.3 is 11.7 Å². The Labute approximate surface area is 122 Å². The van der Waals surface area contributed by atoms with Crippen LogP contribution in [0.4, 0.5) is 10.1 Å². The standard InChI is InChI=1S/C13H7ClFNO5/c14-8-4-2-5-9(11(8)15)21-10-6-1-3-7(13(17)18)12(10)16(19)20/h1-6H,(H,17,18). The average Bonchev–Trinajstić information content (AvgIpc) is 2.43. The van der Waals surface area contributed by atoms with Gasteiger partial charge in [-0.15, -0.1) is 0 Å². The Kier molecular flexibility index (Phi) is 4.04. The first-order valence-electron chi connectivity index (χ1n) is 5.54. The summed E-state index contributed by atoms with van der Waals surface area (Å²) < 4.78 is 18.8. The van der Waals surface area contributed by atoms with Gasteiger partial charge in [0.1, 0.15) is 5.56 Å². The molecule has 0 aliphatic heterocycles. The van der Waals surface area contributed by atoms with Crippen LogP contribution in [0.1, 0.15) is 10.4 Å². The average molecular weight is 312 g/mol. The Morgan fingerprint density at radius 1 is 1.24 bits per heavy atom. The highest BCUT2D eigenvalue weighted by Gasteiger charge is 2.26. The van der Waals surface area contributed by atoms with E-state index in [9.17, 15) is 19.3 Å². The molecule has 1 N–H and O–H groups in total. The lowest BCUT2D eigenvalue weighted by Crippen LogP contribution is -2.04. The molecule has 6 nitrogen and oxygen atoms in total. The van der Waals surface area contributed by atoms with E-state index < -0.39 is 28.0 Å². The molecular weight excluding hydrogens is 305 g/mol. The molecule has 108 valence electrons. The SMILES string of the molecule is O=C(O)c1cccc(Oc2cccc(Cl)c2F)c1[N+](=O)[O-]. The van der Waals surface area contributed by atoms with Gasteiger partial charge < -0.3 is 9.84 Å². The topological polar surface area (TPSA) is 89.7 Å². The molecule has 0 fully saturated rings. The molecular formula is C13H7ClFNO5. The van der Waals surface area contributed by atoms with Crippen LogP contribution in [-0.2, 0) is 0 Å². The number of nitro groups is 1. The number of nitro benzene ring substituents is 1. The minimum absolute atomic E-state index is 0.218. The number of aromatic carboxylic acids is 1. The van der Waals surface area contributed by atoms with Crippen LogP contribution < -0.4 is 4.74 Å². The highest BCUT2D eigenvalue weighted by Crippen LogP contribution is 2.36. The maximum atomic E-state index is 13.7. The molecule has 0 aliphatic carbocycles. The van der Waals surface area contributed by atoms with Crippen molar-refractivity contribution in [3.63, 3.8) is 0 Å². The van der Waals surface area contributed by atoms with Crippen LogP contribution in [0.15, 0.2) is 36.4 Å². The lowest BCUT2D eigenvalue weighted by atomic mass is 10.1. The minimum Gasteiger partial charge on any atom is -0.477 e. The van der Waals surface area contributed by atoms with E-state index in [1.165, 1.54) is 30.3 Å². The third-order valence-corrected chi connectivity index (χ3v) is 2.84. The summed E-state index contributed by atoms with van der Waals surface area (Å²) in [6.45, 7) is 0. The zero-order chi connectivity index (χ0) is 15.6. The lowest BCUT2D eigenvalue weighted by Gasteiger charge is -2.09. The van der Waals surface area contributed by atoms with Crippen molar-refractivity contribution in [2.75, 3.05) is 0 Å². The molecule has 0 amide bonds. The second-order valence-electron chi connectivity index (χ2n) is 3.87. The first-order valence-corrected chi connectivity index (χ1v) is 5.92. The van der Waals surface area contributed by atoms with Gasteiger partial charge in [-0.2, -0.15) is 0 Å². The molecule has 0 aliphatic rings. The van der Waals surface area contributed by atoms with Gasteiger partial charge in [-0.25, -0.2) is 9.18 Å². The van der Waals surface area contributed by atoms with Crippen LogP contribution in [0.2, 0.25) is 5.02 Å².